The summed E-state index contributed by atoms with van der Waals surface area (Å²) >= 11 is 0. The monoisotopic (exact) mass is 290 g/mol. The molecular formula is C18H20F2O. The summed E-state index contributed by atoms with van der Waals surface area (Å²) in [5.74, 6) is -1.94. The second kappa shape index (κ2) is 8.20. The number of ether oxygens (including phenoxy) is 1. The van der Waals surface area contributed by atoms with Gasteiger partial charge in [0.2, 0.25) is 5.82 Å². The molecule has 1 nitrogen and oxygen atoms in total. The van der Waals surface area contributed by atoms with Gasteiger partial charge >= 0.3 is 0 Å². The first-order chi connectivity index (χ1) is 10.2. The Morgan fingerprint density at radius 2 is 1.52 bits per heavy atom. The van der Waals surface area contributed by atoms with E-state index in [9.17, 15) is 8.78 Å². The summed E-state index contributed by atoms with van der Waals surface area (Å²) in [6, 6.07) is 10.2. The molecule has 0 bridgehead atoms. The van der Waals surface area contributed by atoms with Crippen molar-refractivity contribution in [2.45, 2.75) is 20.8 Å². The lowest BCUT2D eigenvalue weighted by atomic mass is 10.0. The van der Waals surface area contributed by atoms with E-state index in [1.54, 1.807) is 12.1 Å². The molecule has 0 fully saturated rings. The number of rotatable bonds is 3. The average molecular weight is 290 g/mol. The molecule has 0 aliphatic carbocycles. The van der Waals surface area contributed by atoms with Crippen molar-refractivity contribution in [2.75, 3.05) is 7.11 Å². The van der Waals surface area contributed by atoms with Crippen LogP contribution in [0, 0.1) is 11.6 Å². The maximum Gasteiger partial charge on any atom is 0.201 e. The van der Waals surface area contributed by atoms with E-state index in [0.29, 0.717) is 5.56 Å². The van der Waals surface area contributed by atoms with Gasteiger partial charge in [-0.05, 0) is 30.2 Å². The molecule has 0 spiro atoms. The van der Waals surface area contributed by atoms with E-state index in [-0.39, 0.29) is 11.3 Å². The van der Waals surface area contributed by atoms with Crippen LogP contribution in [0.25, 0.3) is 17.2 Å². The molecule has 2 aromatic carbocycles. The van der Waals surface area contributed by atoms with E-state index in [2.05, 4.69) is 0 Å². The average Bonchev–Trinajstić information content (AvgIpc) is 2.53. The van der Waals surface area contributed by atoms with Crippen LogP contribution in [0.3, 0.4) is 0 Å². The molecule has 3 heteroatoms. The van der Waals surface area contributed by atoms with Crippen LogP contribution in [0.15, 0.2) is 42.5 Å². The van der Waals surface area contributed by atoms with E-state index >= 15 is 0 Å². The number of benzene rings is 2. The molecule has 0 heterocycles. The third-order valence-corrected chi connectivity index (χ3v) is 2.85. The minimum Gasteiger partial charge on any atom is -0.494 e. The minimum absolute atomic E-state index is 0.0909. The lowest BCUT2D eigenvalue weighted by molar-refractivity contribution is 0.372. The zero-order valence-corrected chi connectivity index (χ0v) is 12.8. The lowest BCUT2D eigenvalue weighted by Gasteiger charge is -2.08. The Labute approximate surface area is 124 Å². The number of methoxy groups -OCH3 is 1. The van der Waals surface area contributed by atoms with Crippen molar-refractivity contribution in [3.8, 4) is 16.9 Å². The number of hydrogen-bond donors (Lipinski definition) is 0. The highest BCUT2D eigenvalue weighted by Crippen LogP contribution is 2.29. The van der Waals surface area contributed by atoms with Crippen LogP contribution in [0.1, 0.15) is 26.3 Å². The number of hydrogen-bond acceptors (Lipinski definition) is 1. The standard InChI is InChI=1S/C16H14F2O.C2H6/c1-3-4-11-5-7-12(8-6-11)13-9-10-14(19-2)16(18)15(13)17;1-2/h3-10H,1-2H3;1-2H3. The minimum atomic E-state index is -0.961. The van der Waals surface area contributed by atoms with Crippen molar-refractivity contribution < 1.29 is 13.5 Å². The Morgan fingerprint density at radius 3 is 2.05 bits per heavy atom. The van der Waals surface area contributed by atoms with Gasteiger partial charge in [-0.1, -0.05) is 50.3 Å². The highest BCUT2D eigenvalue weighted by molar-refractivity contribution is 5.67. The van der Waals surface area contributed by atoms with E-state index in [0.717, 1.165) is 5.56 Å². The highest BCUT2D eigenvalue weighted by atomic mass is 19.2. The first-order valence-electron chi connectivity index (χ1n) is 6.92. The highest BCUT2D eigenvalue weighted by Gasteiger charge is 2.14. The summed E-state index contributed by atoms with van der Waals surface area (Å²) in [5.41, 5.74) is 1.87. The summed E-state index contributed by atoms with van der Waals surface area (Å²) in [6.07, 6.45) is 3.86. The maximum absolute atomic E-state index is 13.9. The molecule has 0 aliphatic rings. The van der Waals surface area contributed by atoms with Gasteiger partial charge in [-0.3, -0.25) is 0 Å². The van der Waals surface area contributed by atoms with Crippen molar-refractivity contribution in [3.63, 3.8) is 0 Å². The fraction of sp³-hybridized carbons (Fsp3) is 0.222. The van der Waals surface area contributed by atoms with Gasteiger partial charge in [0.25, 0.3) is 0 Å². The van der Waals surface area contributed by atoms with Crippen molar-refractivity contribution in [2.24, 2.45) is 0 Å². The summed E-state index contributed by atoms with van der Waals surface area (Å²) in [5, 5.41) is 0. The van der Waals surface area contributed by atoms with Crippen LogP contribution in [-0.2, 0) is 0 Å². The fourth-order valence-corrected chi connectivity index (χ4v) is 1.88. The molecule has 0 aliphatic heterocycles. The van der Waals surface area contributed by atoms with Crippen molar-refractivity contribution >= 4 is 6.08 Å². The lowest BCUT2D eigenvalue weighted by Crippen LogP contribution is -1.94. The maximum atomic E-state index is 13.9. The Balaban J connectivity index is 0.00000106. The van der Waals surface area contributed by atoms with Crippen LogP contribution in [0.2, 0.25) is 0 Å². The predicted octanol–water partition coefficient (Wildman–Crippen LogP) is 5.70. The first kappa shape index (κ1) is 16.9. The quantitative estimate of drug-likeness (QED) is 0.704. The molecule has 2 aromatic rings. The molecule has 0 aromatic heterocycles. The molecule has 0 amide bonds. The predicted molar refractivity (Wildman–Crippen MR) is 84.4 cm³/mol. The molecule has 0 unspecified atom stereocenters. The van der Waals surface area contributed by atoms with Crippen LogP contribution in [0.4, 0.5) is 8.78 Å². The molecule has 0 saturated heterocycles. The molecule has 0 N–H and O–H groups in total. The Hall–Kier alpha value is -2.16. The Bertz CT molecular complexity index is 601. The molecule has 0 atom stereocenters. The van der Waals surface area contributed by atoms with Crippen LogP contribution >= 0.6 is 0 Å². The molecular weight excluding hydrogens is 270 g/mol. The topological polar surface area (TPSA) is 9.23 Å². The normalized spacial score (nSPS) is 10.2. The smallest absolute Gasteiger partial charge is 0.201 e. The zero-order chi connectivity index (χ0) is 15.8. The SMILES string of the molecule is CC.CC=Cc1ccc(-c2ccc(OC)c(F)c2F)cc1. The first-order valence-corrected chi connectivity index (χ1v) is 6.92. The van der Waals surface area contributed by atoms with E-state index < -0.39 is 11.6 Å². The van der Waals surface area contributed by atoms with Gasteiger partial charge in [-0.2, -0.15) is 4.39 Å². The third-order valence-electron chi connectivity index (χ3n) is 2.85. The second-order valence-corrected chi connectivity index (χ2v) is 4.07. The Kier molecular flexibility index (Phi) is 6.60. The second-order valence-electron chi connectivity index (χ2n) is 4.07. The van der Waals surface area contributed by atoms with Gasteiger partial charge < -0.3 is 4.74 Å². The molecule has 21 heavy (non-hydrogen) atoms. The van der Waals surface area contributed by atoms with Gasteiger partial charge in [0.05, 0.1) is 7.11 Å². The van der Waals surface area contributed by atoms with Crippen LogP contribution in [-0.4, -0.2) is 7.11 Å². The van der Waals surface area contributed by atoms with Gasteiger partial charge in [0.1, 0.15) is 0 Å². The van der Waals surface area contributed by atoms with Gasteiger partial charge in [0.15, 0.2) is 11.6 Å². The number of halogens is 2. The van der Waals surface area contributed by atoms with Crippen molar-refractivity contribution in [1.29, 1.82) is 0 Å². The summed E-state index contributed by atoms with van der Waals surface area (Å²) < 4.78 is 32.3. The number of allylic oxidation sites excluding steroid dienone is 1. The molecule has 2 rings (SSSR count). The van der Waals surface area contributed by atoms with E-state index in [4.69, 9.17) is 4.74 Å². The largest absolute Gasteiger partial charge is 0.494 e. The van der Waals surface area contributed by atoms with Crippen LogP contribution < -0.4 is 4.74 Å². The third kappa shape index (κ3) is 3.91. The summed E-state index contributed by atoms with van der Waals surface area (Å²) in [6.45, 7) is 5.92. The fourth-order valence-electron chi connectivity index (χ4n) is 1.88. The summed E-state index contributed by atoms with van der Waals surface area (Å²) in [4.78, 5) is 0. The summed E-state index contributed by atoms with van der Waals surface area (Å²) in [7, 11) is 1.31. The van der Waals surface area contributed by atoms with Gasteiger partial charge in [-0.15, -0.1) is 0 Å². The van der Waals surface area contributed by atoms with E-state index in [1.165, 1.54) is 19.2 Å². The molecule has 112 valence electrons. The van der Waals surface area contributed by atoms with Gasteiger partial charge in [0, 0.05) is 5.56 Å². The van der Waals surface area contributed by atoms with Crippen molar-refractivity contribution in [3.05, 3.63) is 59.7 Å². The van der Waals surface area contributed by atoms with E-state index in [1.807, 2.05) is 45.1 Å². The van der Waals surface area contributed by atoms with Crippen LogP contribution in [0.5, 0.6) is 5.75 Å². The molecule has 0 radical (unpaired) electrons. The molecule has 0 saturated carbocycles. The Morgan fingerprint density at radius 1 is 0.905 bits per heavy atom. The van der Waals surface area contributed by atoms with Gasteiger partial charge in [-0.25, -0.2) is 4.39 Å². The zero-order valence-electron chi connectivity index (χ0n) is 12.8. The van der Waals surface area contributed by atoms with Crippen molar-refractivity contribution in [1.82, 2.24) is 0 Å².